The number of ether oxygens (including phenoxy) is 2. The lowest BCUT2D eigenvalue weighted by Crippen LogP contribution is -2.10. The third-order valence-electron chi connectivity index (χ3n) is 0.902. The third-order valence-corrected chi connectivity index (χ3v) is 0.902. The van der Waals surface area contributed by atoms with Crippen LogP contribution in [0.15, 0.2) is 0 Å². The lowest BCUT2D eigenvalue weighted by molar-refractivity contribution is -0.0535. The van der Waals surface area contributed by atoms with Crippen LogP contribution in [-0.2, 0) is 9.47 Å². The van der Waals surface area contributed by atoms with Crippen molar-refractivity contribution in [2.75, 3.05) is 13.9 Å². The summed E-state index contributed by atoms with van der Waals surface area (Å²) >= 11 is 0. The lowest BCUT2D eigenvalue weighted by Gasteiger charge is -2.04. The molecule has 0 fully saturated rings. The molecule has 0 amide bonds. The Balaban J connectivity index is 3.23. The van der Waals surface area contributed by atoms with E-state index >= 15 is 0 Å². The first-order valence-corrected chi connectivity index (χ1v) is 2.85. The highest BCUT2D eigenvalue weighted by Gasteiger charge is 2.01. The number of hydrogen-bond acceptors (Lipinski definition) is 3. The van der Waals surface area contributed by atoms with Gasteiger partial charge in [-0.2, -0.15) is 5.26 Å². The Hall–Kier alpha value is -0.590. The van der Waals surface area contributed by atoms with Gasteiger partial charge in [0.15, 0.2) is 0 Å². The number of hydrogen-bond donors (Lipinski definition) is 0. The van der Waals surface area contributed by atoms with E-state index in [4.69, 9.17) is 10.00 Å². The average molecular weight is 129 g/mol. The maximum absolute atomic E-state index is 8.32. The molecule has 0 bridgehead atoms. The van der Waals surface area contributed by atoms with Crippen LogP contribution in [0.3, 0.4) is 0 Å². The minimum atomic E-state index is -0.315. The Kier molecular flexibility index (Phi) is 5.18. The van der Waals surface area contributed by atoms with Gasteiger partial charge in [-0.25, -0.2) is 0 Å². The summed E-state index contributed by atoms with van der Waals surface area (Å²) in [5.41, 5.74) is 0. The van der Waals surface area contributed by atoms with Gasteiger partial charge in [-0.05, 0) is 6.42 Å². The fourth-order valence-corrected chi connectivity index (χ4v) is 0.397. The zero-order valence-electron chi connectivity index (χ0n) is 5.76. The molecule has 1 unspecified atom stereocenters. The van der Waals surface area contributed by atoms with Crippen LogP contribution in [0.5, 0.6) is 0 Å². The molecule has 9 heavy (non-hydrogen) atoms. The minimum absolute atomic E-state index is 0.200. The second-order valence-corrected chi connectivity index (χ2v) is 1.60. The summed E-state index contributed by atoms with van der Waals surface area (Å²) in [6.45, 7) is 2.09. The Morgan fingerprint density at radius 1 is 1.67 bits per heavy atom. The SMILES string of the molecule is CCC(C#N)OCOC. The van der Waals surface area contributed by atoms with Gasteiger partial charge in [0.2, 0.25) is 0 Å². The first kappa shape index (κ1) is 8.41. The molecule has 0 aliphatic rings. The van der Waals surface area contributed by atoms with Crippen molar-refractivity contribution in [2.24, 2.45) is 0 Å². The van der Waals surface area contributed by atoms with E-state index < -0.39 is 0 Å². The van der Waals surface area contributed by atoms with Crippen LogP contribution in [0, 0.1) is 11.3 Å². The van der Waals surface area contributed by atoms with Crippen molar-refractivity contribution in [3.8, 4) is 6.07 Å². The van der Waals surface area contributed by atoms with Crippen molar-refractivity contribution in [1.82, 2.24) is 0 Å². The summed E-state index contributed by atoms with van der Waals surface area (Å²) in [7, 11) is 1.53. The van der Waals surface area contributed by atoms with Crippen LogP contribution in [0.4, 0.5) is 0 Å². The molecule has 0 N–H and O–H groups in total. The van der Waals surface area contributed by atoms with Crippen molar-refractivity contribution in [3.63, 3.8) is 0 Å². The summed E-state index contributed by atoms with van der Waals surface area (Å²) < 4.78 is 9.51. The maximum Gasteiger partial charge on any atom is 0.148 e. The Labute approximate surface area is 55.2 Å². The van der Waals surface area contributed by atoms with Crippen LogP contribution in [-0.4, -0.2) is 20.0 Å². The van der Waals surface area contributed by atoms with E-state index in [1.807, 2.05) is 13.0 Å². The fourth-order valence-electron chi connectivity index (χ4n) is 0.397. The summed E-state index contributed by atoms with van der Waals surface area (Å²) in [6.07, 6.45) is 0.393. The first-order chi connectivity index (χ1) is 4.35. The van der Waals surface area contributed by atoms with Gasteiger partial charge < -0.3 is 9.47 Å². The predicted octanol–water partition coefficient (Wildman–Crippen LogP) is 0.909. The smallest absolute Gasteiger partial charge is 0.148 e. The molecule has 0 aromatic heterocycles. The van der Waals surface area contributed by atoms with Crippen molar-refractivity contribution in [1.29, 1.82) is 5.26 Å². The van der Waals surface area contributed by atoms with Gasteiger partial charge in [0.25, 0.3) is 0 Å². The van der Waals surface area contributed by atoms with Crippen LogP contribution in [0.1, 0.15) is 13.3 Å². The average Bonchev–Trinajstić information content (AvgIpc) is 1.91. The topological polar surface area (TPSA) is 42.2 Å². The second kappa shape index (κ2) is 5.54. The Morgan fingerprint density at radius 2 is 2.33 bits per heavy atom. The van der Waals surface area contributed by atoms with Crippen molar-refractivity contribution in [3.05, 3.63) is 0 Å². The van der Waals surface area contributed by atoms with Gasteiger partial charge in [0.05, 0.1) is 6.07 Å². The minimum Gasteiger partial charge on any atom is -0.359 e. The van der Waals surface area contributed by atoms with Crippen LogP contribution >= 0.6 is 0 Å². The molecular weight excluding hydrogens is 118 g/mol. The molecule has 0 aliphatic carbocycles. The molecule has 0 rings (SSSR count). The molecule has 0 saturated carbocycles. The van der Waals surface area contributed by atoms with E-state index in [0.717, 1.165) is 0 Å². The molecule has 0 radical (unpaired) electrons. The predicted molar refractivity (Wildman–Crippen MR) is 32.7 cm³/mol. The maximum atomic E-state index is 8.32. The van der Waals surface area contributed by atoms with Gasteiger partial charge in [-0.1, -0.05) is 6.92 Å². The Bertz CT molecular complexity index is 97.7. The van der Waals surface area contributed by atoms with E-state index in [-0.39, 0.29) is 12.9 Å². The number of nitrogens with zero attached hydrogens (tertiary/aromatic N) is 1. The molecule has 0 aromatic rings. The summed E-state index contributed by atoms with van der Waals surface area (Å²) in [5, 5.41) is 8.32. The van der Waals surface area contributed by atoms with E-state index in [2.05, 4.69) is 4.74 Å². The molecule has 3 heteroatoms. The number of rotatable bonds is 4. The van der Waals surface area contributed by atoms with Gasteiger partial charge in [0, 0.05) is 7.11 Å². The van der Waals surface area contributed by atoms with Gasteiger partial charge in [0.1, 0.15) is 12.9 Å². The first-order valence-electron chi connectivity index (χ1n) is 2.85. The van der Waals surface area contributed by atoms with E-state index in [9.17, 15) is 0 Å². The van der Waals surface area contributed by atoms with E-state index in [0.29, 0.717) is 6.42 Å². The lowest BCUT2D eigenvalue weighted by atomic mass is 10.3. The number of methoxy groups -OCH3 is 1. The summed E-state index contributed by atoms with van der Waals surface area (Å²) in [4.78, 5) is 0. The molecule has 0 aliphatic heterocycles. The van der Waals surface area contributed by atoms with Crippen LogP contribution < -0.4 is 0 Å². The van der Waals surface area contributed by atoms with Crippen LogP contribution in [0.25, 0.3) is 0 Å². The molecule has 0 aromatic carbocycles. The van der Waals surface area contributed by atoms with E-state index in [1.165, 1.54) is 7.11 Å². The van der Waals surface area contributed by atoms with Crippen molar-refractivity contribution >= 4 is 0 Å². The monoisotopic (exact) mass is 129 g/mol. The van der Waals surface area contributed by atoms with Crippen molar-refractivity contribution < 1.29 is 9.47 Å². The molecule has 0 spiro atoms. The molecular formula is C6H11NO2. The standard InChI is InChI=1S/C6H11NO2/c1-3-6(4-7)9-5-8-2/h6H,3,5H2,1-2H3. The molecule has 0 heterocycles. The highest BCUT2D eigenvalue weighted by molar-refractivity contribution is 4.81. The van der Waals surface area contributed by atoms with Crippen molar-refractivity contribution in [2.45, 2.75) is 19.4 Å². The summed E-state index contributed by atoms with van der Waals surface area (Å²) in [5.74, 6) is 0. The second-order valence-electron chi connectivity index (χ2n) is 1.60. The zero-order chi connectivity index (χ0) is 7.11. The number of nitriles is 1. The quantitative estimate of drug-likeness (QED) is 0.530. The molecule has 3 nitrogen and oxygen atoms in total. The third kappa shape index (κ3) is 3.95. The van der Waals surface area contributed by atoms with Gasteiger partial charge in [-0.15, -0.1) is 0 Å². The highest BCUT2D eigenvalue weighted by Crippen LogP contribution is 1.94. The van der Waals surface area contributed by atoms with E-state index in [1.54, 1.807) is 0 Å². The van der Waals surface area contributed by atoms with Gasteiger partial charge >= 0.3 is 0 Å². The molecule has 0 saturated heterocycles. The Morgan fingerprint density at radius 3 is 2.67 bits per heavy atom. The largest absolute Gasteiger partial charge is 0.359 e. The molecule has 52 valence electrons. The molecule has 1 atom stereocenters. The normalized spacial score (nSPS) is 12.6. The highest BCUT2D eigenvalue weighted by atomic mass is 16.7. The summed E-state index contributed by atoms with van der Waals surface area (Å²) in [6, 6.07) is 1.98. The van der Waals surface area contributed by atoms with Crippen LogP contribution in [0.2, 0.25) is 0 Å². The zero-order valence-corrected chi connectivity index (χ0v) is 5.76. The van der Waals surface area contributed by atoms with Gasteiger partial charge in [-0.3, -0.25) is 0 Å². The fraction of sp³-hybridized carbons (Fsp3) is 0.833.